The van der Waals surface area contributed by atoms with Crippen molar-refractivity contribution < 1.29 is 9.53 Å². The number of ether oxygens (including phenoxy) is 1. The van der Waals surface area contributed by atoms with E-state index in [4.69, 9.17) is 4.74 Å². The van der Waals surface area contributed by atoms with Crippen LogP contribution in [0.1, 0.15) is 28.9 Å². The molecule has 2 aromatic heterocycles. The average molecular weight is 329 g/mol. The number of carbonyl (C=O) groups excluding carboxylic acids is 1. The minimum absolute atomic E-state index is 0.0765. The number of nitrogens with zero attached hydrogens (tertiary/aromatic N) is 6. The molecule has 2 heterocycles. The smallest absolute Gasteiger partial charge is 0.378 e. The molecule has 9 heteroatoms. The van der Waals surface area contributed by atoms with Crippen LogP contribution in [-0.4, -0.2) is 42.6 Å². The number of esters is 1. The summed E-state index contributed by atoms with van der Waals surface area (Å²) < 4.78 is 8.88. The minimum atomic E-state index is -0.539. The van der Waals surface area contributed by atoms with Crippen LogP contribution in [0.5, 0.6) is 0 Å². The number of hydrogen-bond acceptors (Lipinski definition) is 6. The van der Waals surface area contributed by atoms with Crippen LogP contribution in [-0.2, 0) is 18.3 Å². The van der Waals surface area contributed by atoms with Crippen molar-refractivity contribution >= 4 is 21.9 Å². The lowest BCUT2D eigenvalue weighted by atomic mass is 10.3. The monoisotopic (exact) mass is 328 g/mol. The largest absolute Gasteiger partial charge is 0.460 e. The van der Waals surface area contributed by atoms with E-state index in [0.29, 0.717) is 6.54 Å². The second-order valence-corrected chi connectivity index (χ2v) is 4.64. The molecule has 0 amide bonds. The molecular weight excluding hydrogens is 316 g/mol. The van der Waals surface area contributed by atoms with Crippen molar-refractivity contribution in [1.82, 2.24) is 30.0 Å². The lowest BCUT2D eigenvalue weighted by molar-refractivity contribution is 0.0505. The van der Waals surface area contributed by atoms with Crippen molar-refractivity contribution in [1.29, 1.82) is 0 Å². The highest BCUT2D eigenvalue weighted by molar-refractivity contribution is 9.10. The summed E-state index contributed by atoms with van der Waals surface area (Å²) >= 11 is 3.46. The summed E-state index contributed by atoms with van der Waals surface area (Å²) in [7, 11) is 1.82. The number of carbonyl (C=O) groups is 1. The lowest BCUT2D eigenvalue weighted by Gasteiger charge is -2.05. The third-order valence-corrected chi connectivity index (χ3v) is 3.58. The van der Waals surface area contributed by atoms with Gasteiger partial charge in [0, 0.05) is 7.05 Å². The quantitative estimate of drug-likeness (QED) is 0.768. The van der Waals surface area contributed by atoms with Crippen LogP contribution in [0.25, 0.3) is 0 Å². The summed E-state index contributed by atoms with van der Waals surface area (Å²) in [5, 5.41) is 15.3. The first-order chi connectivity index (χ1) is 9.04. The molecule has 2 aromatic rings. The maximum atomic E-state index is 11.7. The highest BCUT2D eigenvalue weighted by atomic mass is 79.9. The third kappa shape index (κ3) is 2.65. The molecule has 0 spiro atoms. The van der Waals surface area contributed by atoms with E-state index in [1.165, 1.54) is 4.68 Å². The molecule has 0 saturated carbocycles. The fourth-order valence-corrected chi connectivity index (χ4v) is 2.11. The second-order valence-electron chi connectivity index (χ2n) is 3.85. The summed E-state index contributed by atoms with van der Waals surface area (Å²) in [4.78, 5) is 11.7. The van der Waals surface area contributed by atoms with Crippen molar-refractivity contribution in [3.8, 4) is 0 Å². The van der Waals surface area contributed by atoms with E-state index in [1.807, 2.05) is 14.0 Å². The van der Waals surface area contributed by atoms with Gasteiger partial charge in [-0.3, -0.25) is 4.68 Å². The normalized spacial score (nSPS) is 10.7. The first-order valence-corrected chi connectivity index (χ1v) is 6.45. The zero-order valence-corrected chi connectivity index (χ0v) is 12.4. The van der Waals surface area contributed by atoms with Gasteiger partial charge in [0.15, 0.2) is 0 Å². The Morgan fingerprint density at radius 3 is 2.79 bits per heavy atom. The van der Waals surface area contributed by atoms with Gasteiger partial charge < -0.3 is 4.74 Å². The summed E-state index contributed by atoms with van der Waals surface area (Å²) in [5.74, 6) is -0.463. The van der Waals surface area contributed by atoms with E-state index in [0.717, 1.165) is 15.9 Å². The molecule has 0 atom stereocenters. The van der Waals surface area contributed by atoms with Crippen molar-refractivity contribution in [2.24, 2.45) is 7.05 Å². The molecule has 0 aliphatic heterocycles. The van der Waals surface area contributed by atoms with Crippen LogP contribution >= 0.6 is 15.9 Å². The summed E-state index contributed by atoms with van der Waals surface area (Å²) in [6, 6.07) is 0. The fourth-order valence-electron chi connectivity index (χ4n) is 1.65. The maximum Gasteiger partial charge on any atom is 0.378 e. The molecule has 19 heavy (non-hydrogen) atoms. The Balaban J connectivity index is 2.29. The number of tetrazole rings is 1. The standard InChI is InChI=1S/C10H13BrN6O2/c1-4-19-10(18)9-12-14-15-17(9)5-7-8(11)6(2)13-16(7)3/h4-5H2,1-3H3. The second kappa shape index (κ2) is 5.47. The van der Waals surface area contributed by atoms with Gasteiger partial charge in [-0.25, -0.2) is 9.48 Å². The molecule has 2 rings (SSSR count). The van der Waals surface area contributed by atoms with Gasteiger partial charge in [-0.2, -0.15) is 5.10 Å². The molecule has 0 fully saturated rings. The van der Waals surface area contributed by atoms with E-state index < -0.39 is 5.97 Å². The van der Waals surface area contributed by atoms with Gasteiger partial charge in [0.1, 0.15) is 0 Å². The number of aromatic nitrogens is 6. The molecule has 0 aliphatic rings. The van der Waals surface area contributed by atoms with Crippen LogP contribution in [0.2, 0.25) is 0 Å². The highest BCUT2D eigenvalue weighted by Crippen LogP contribution is 2.21. The molecule has 0 unspecified atom stereocenters. The Labute approximate surface area is 117 Å². The Kier molecular flexibility index (Phi) is 3.93. The van der Waals surface area contributed by atoms with Crippen LogP contribution in [0.4, 0.5) is 0 Å². The van der Waals surface area contributed by atoms with Gasteiger partial charge in [0.2, 0.25) is 0 Å². The SMILES string of the molecule is CCOC(=O)c1nnnn1Cc1c(Br)c(C)nn1C. The van der Waals surface area contributed by atoms with E-state index in [2.05, 4.69) is 36.6 Å². The van der Waals surface area contributed by atoms with Crippen LogP contribution in [0, 0.1) is 6.92 Å². The number of halogens is 1. The van der Waals surface area contributed by atoms with Gasteiger partial charge in [0.25, 0.3) is 5.82 Å². The van der Waals surface area contributed by atoms with Gasteiger partial charge in [-0.1, -0.05) is 0 Å². The van der Waals surface area contributed by atoms with Crippen molar-refractivity contribution in [2.75, 3.05) is 6.61 Å². The number of aryl methyl sites for hydroxylation is 2. The zero-order valence-electron chi connectivity index (χ0n) is 10.8. The van der Waals surface area contributed by atoms with Gasteiger partial charge in [-0.15, -0.1) is 5.10 Å². The first-order valence-electron chi connectivity index (χ1n) is 5.65. The number of rotatable bonds is 4. The first kappa shape index (κ1) is 13.7. The van der Waals surface area contributed by atoms with Crippen molar-refractivity contribution in [3.05, 3.63) is 21.7 Å². The summed E-state index contributed by atoms with van der Waals surface area (Å²) in [5.41, 5.74) is 1.73. The molecule has 102 valence electrons. The molecule has 0 aromatic carbocycles. The average Bonchev–Trinajstić information content (AvgIpc) is 2.91. The molecule has 0 saturated heterocycles. The topological polar surface area (TPSA) is 87.7 Å². The van der Waals surface area contributed by atoms with E-state index in [1.54, 1.807) is 11.6 Å². The Morgan fingerprint density at radius 1 is 1.47 bits per heavy atom. The number of hydrogen-bond donors (Lipinski definition) is 0. The Morgan fingerprint density at radius 2 is 2.21 bits per heavy atom. The van der Waals surface area contributed by atoms with Gasteiger partial charge in [-0.05, 0) is 40.2 Å². The van der Waals surface area contributed by atoms with E-state index in [9.17, 15) is 4.79 Å². The zero-order chi connectivity index (χ0) is 14.0. The predicted molar refractivity (Wildman–Crippen MR) is 68.5 cm³/mol. The lowest BCUT2D eigenvalue weighted by Crippen LogP contribution is -2.16. The van der Waals surface area contributed by atoms with Crippen molar-refractivity contribution in [3.63, 3.8) is 0 Å². The summed E-state index contributed by atoms with van der Waals surface area (Å²) in [6.07, 6.45) is 0. The maximum absolute atomic E-state index is 11.7. The Bertz CT molecular complexity index is 605. The molecule has 0 aliphatic carbocycles. The van der Waals surface area contributed by atoms with E-state index >= 15 is 0 Å². The molecule has 0 radical (unpaired) electrons. The summed E-state index contributed by atoms with van der Waals surface area (Å²) in [6.45, 7) is 4.23. The van der Waals surface area contributed by atoms with Gasteiger partial charge in [0.05, 0.1) is 29.0 Å². The molecule has 0 N–H and O–H groups in total. The minimum Gasteiger partial charge on any atom is -0.460 e. The van der Waals surface area contributed by atoms with E-state index in [-0.39, 0.29) is 12.4 Å². The fraction of sp³-hybridized carbons (Fsp3) is 0.500. The van der Waals surface area contributed by atoms with Gasteiger partial charge >= 0.3 is 5.97 Å². The molecular formula is C10H13BrN6O2. The Hall–Kier alpha value is -1.77. The third-order valence-electron chi connectivity index (χ3n) is 2.55. The van der Waals surface area contributed by atoms with Crippen molar-refractivity contribution in [2.45, 2.75) is 20.4 Å². The predicted octanol–water partition coefficient (Wildman–Crippen LogP) is 0.703. The van der Waals surface area contributed by atoms with Crippen LogP contribution in [0.3, 0.4) is 0 Å². The highest BCUT2D eigenvalue weighted by Gasteiger charge is 2.19. The molecule has 0 bridgehead atoms. The van der Waals surface area contributed by atoms with Crippen LogP contribution < -0.4 is 0 Å². The van der Waals surface area contributed by atoms with Crippen LogP contribution in [0.15, 0.2) is 4.47 Å². The molecule has 8 nitrogen and oxygen atoms in total.